The predicted molar refractivity (Wildman–Crippen MR) is 43.6 cm³/mol. The summed E-state index contributed by atoms with van der Waals surface area (Å²) in [4.78, 5) is 11.1. The number of cyclic esters (lactones) is 1. The Labute approximate surface area is 71.9 Å². The van der Waals surface area contributed by atoms with E-state index in [1.165, 1.54) is 0 Å². The Balaban J connectivity index is 2.44. The van der Waals surface area contributed by atoms with Gasteiger partial charge in [0.05, 0.1) is 13.2 Å². The third-order valence-electron chi connectivity index (χ3n) is 2.05. The van der Waals surface area contributed by atoms with Crippen molar-refractivity contribution in [1.29, 1.82) is 0 Å². The maximum Gasteiger partial charge on any atom is 0.323 e. The van der Waals surface area contributed by atoms with Crippen LogP contribution in [0.1, 0.15) is 13.8 Å². The summed E-state index contributed by atoms with van der Waals surface area (Å²) in [6.07, 6.45) is 0. The van der Waals surface area contributed by atoms with Crippen LogP contribution in [-0.4, -0.2) is 36.4 Å². The van der Waals surface area contributed by atoms with E-state index < -0.39 is 0 Å². The zero-order valence-corrected chi connectivity index (χ0v) is 7.41. The molecule has 1 saturated heterocycles. The van der Waals surface area contributed by atoms with Gasteiger partial charge < -0.3 is 9.84 Å². The molecule has 0 bridgehead atoms. The summed E-state index contributed by atoms with van der Waals surface area (Å²) in [7, 11) is 0. The van der Waals surface area contributed by atoms with Crippen LogP contribution >= 0.6 is 0 Å². The van der Waals surface area contributed by atoms with Crippen molar-refractivity contribution >= 4 is 5.97 Å². The Kier molecular flexibility index (Phi) is 3.05. The number of esters is 1. The highest BCUT2D eigenvalue weighted by atomic mass is 16.5. The van der Waals surface area contributed by atoms with E-state index in [0.29, 0.717) is 6.61 Å². The molecule has 0 radical (unpaired) electrons. The fourth-order valence-corrected chi connectivity index (χ4v) is 1.22. The Hall–Kier alpha value is -0.610. The quantitative estimate of drug-likeness (QED) is 0.566. The summed E-state index contributed by atoms with van der Waals surface area (Å²) in [5.41, 5.74) is 0. The van der Waals surface area contributed by atoms with E-state index in [1.54, 1.807) is 0 Å². The average Bonchev–Trinajstić information content (AvgIpc) is 2.35. The van der Waals surface area contributed by atoms with Gasteiger partial charge in [0.15, 0.2) is 0 Å². The molecule has 0 spiro atoms. The summed E-state index contributed by atoms with van der Waals surface area (Å²) in [6, 6.07) is -0.296. The van der Waals surface area contributed by atoms with E-state index in [4.69, 9.17) is 9.84 Å². The molecule has 0 saturated carbocycles. The number of aliphatic hydroxyl groups excluding tert-OH is 1. The second kappa shape index (κ2) is 3.87. The molecule has 0 amide bonds. The van der Waals surface area contributed by atoms with Crippen LogP contribution in [-0.2, 0) is 9.53 Å². The van der Waals surface area contributed by atoms with E-state index in [-0.39, 0.29) is 30.6 Å². The van der Waals surface area contributed by atoms with Gasteiger partial charge in [0, 0.05) is 12.0 Å². The number of ether oxygens (including phenoxy) is 1. The molecule has 70 valence electrons. The van der Waals surface area contributed by atoms with Crippen molar-refractivity contribution in [2.45, 2.75) is 25.9 Å². The fraction of sp³-hybridized carbons (Fsp3) is 0.875. The molecule has 1 fully saturated rings. The number of rotatable bonds is 3. The highest BCUT2D eigenvalue weighted by Gasteiger charge is 2.34. The minimum atomic E-state index is -0.243. The van der Waals surface area contributed by atoms with Gasteiger partial charge in [-0.25, -0.2) is 0 Å². The molecule has 1 aliphatic rings. The first-order valence-corrected chi connectivity index (χ1v) is 4.18. The first-order valence-electron chi connectivity index (χ1n) is 4.18. The van der Waals surface area contributed by atoms with Crippen LogP contribution in [0.25, 0.3) is 0 Å². The monoisotopic (exact) mass is 173 g/mol. The molecule has 0 aromatic carbocycles. The van der Waals surface area contributed by atoms with Crippen molar-refractivity contribution in [3.63, 3.8) is 0 Å². The normalized spacial score (nSPS) is 31.8. The molecule has 2 N–H and O–H groups in total. The van der Waals surface area contributed by atoms with Gasteiger partial charge in [0.1, 0.15) is 6.04 Å². The summed E-state index contributed by atoms with van der Waals surface area (Å²) >= 11 is 0. The zero-order chi connectivity index (χ0) is 9.14. The van der Waals surface area contributed by atoms with Crippen molar-refractivity contribution in [1.82, 2.24) is 5.32 Å². The lowest BCUT2D eigenvalue weighted by molar-refractivity contribution is -0.139. The van der Waals surface area contributed by atoms with Gasteiger partial charge in [0.25, 0.3) is 0 Å². The summed E-state index contributed by atoms with van der Waals surface area (Å²) in [5, 5.41) is 11.8. The van der Waals surface area contributed by atoms with Crippen molar-refractivity contribution < 1.29 is 14.6 Å². The molecule has 1 rings (SSSR count). The van der Waals surface area contributed by atoms with Crippen LogP contribution in [0.3, 0.4) is 0 Å². The molecule has 1 aliphatic heterocycles. The van der Waals surface area contributed by atoms with Crippen LogP contribution in [0.15, 0.2) is 0 Å². The van der Waals surface area contributed by atoms with Crippen molar-refractivity contribution in [3.05, 3.63) is 0 Å². The lowest BCUT2D eigenvalue weighted by atomic mass is 10.1. The Bertz CT molecular complexity index is 172. The summed E-state index contributed by atoms with van der Waals surface area (Å²) in [5.74, 6) is -0.00528. The summed E-state index contributed by atoms with van der Waals surface area (Å²) in [6.45, 7) is 4.30. The molecule has 0 aromatic rings. The largest absolute Gasteiger partial charge is 0.464 e. The second-order valence-electron chi connectivity index (χ2n) is 3.34. The van der Waals surface area contributed by atoms with Crippen LogP contribution in [0.4, 0.5) is 0 Å². The zero-order valence-electron chi connectivity index (χ0n) is 7.41. The maximum absolute atomic E-state index is 11.1. The standard InChI is InChI=1S/C8H15NO3/c1-5-4-12-8(11)7(5)9-6(2)3-10/h5-7,9-10H,3-4H2,1-2H3/t5?,6-,7?/m0/s1. The van der Waals surface area contributed by atoms with Gasteiger partial charge in [-0.15, -0.1) is 0 Å². The van der Waals surface area contributed by atoms with Crippen molar-refractivity contribution in [2.24, 2.45) is 5.92 Å². The average molecular weight is 173 g/mol. The van der Waals surface area contributed by atoms with Gasteiger partial charge in [-0.05, 0) is 6.92 Å². The third-order valence-corrected chi connectivity index (χ3v) is 2.05. The van der Waals surface area contributed by atoms with Crippen LogP contribution in [0, 0.1) is 5.92 Å². The van der Waals surface area contributed by atoms with E-state index in [1.807, 2.05) is 13.8 Å². The first kappa shape index (κ1) is 9.48. The molecule has 4 nitrogen and oxygen atoms in total. The molecule has 3 atom stereocenters. The first-order chi connectivity index (χ1) is 5.65. The Morgan fingerprint density at radius 1 is 1.83 bits per heavy atom. The molecule has 2 unspecified atom stereocenters. The Morgan fingerprint density at radius 2 is 2.50 bits per heavy atom. The van der Waals surface area contributed by atoms with Gasteiger partial charge in [-0.2, -0.15) is 0 Å². The van der Waals surface area contributed by atoms with Crippen LogP contribution in [0.2, 0.25) is 0 Å². The number of aliphatic hydroxyl groups is 1. The topological polar surface area (TPSA) is 58.6 Å². The van der Waals surface area contributed by atoms with Crippen molar-refractivity contribution in [2.75, 3.05) is 13.2 Å². The van der Waals surface area contributed by atoms with E-state index >= 15 is 0 Å². The number of hydrogen-bond acceptors (Lipinski definition) is 4. The highest BCUT2D eigenvalue weighted by Crippen LogP contribution is 2.14. The predicted octanol–water partition coefficient (Wildman–Crippen LogP) is -0.482. The van der Waals surface area contributed by atoms with Gasteiger partial charge in [-0.3, -0.25) is 10.1 Å². The molecule has 12 heavy (non-hydrogen) atoms. The van der Waals surface area contributed by atoms with E-state index in [9.17, 15) is 4.79 Å². The maximum atomic E-state index is 11.1. The number of hydrogen-bond donors (Lipinski definition) is 2. The van der Waals surface area contributed by atoms with Crippen LogP contribution < -0.4 is 5.32 Å². The molecule has 0 aromatic heterocycles. The number of carbonyl (C=O) groups is 1. The lowest BCUT2D eigenvalue weighted by Gasteiger charge is -2.17. The fourth-order valence-electron chi connectivity index (χ4n) is 1.22. The highest BCUT2D eigenvalue weighted by molar-refractivity contribution is 5.78. The molecule has 0 aliphatic carbocycles. The minimum absolute atomic E-state index is 0.0382. The molecule has 1 heterocycles. The molecular formula is C8H15NO3. The van der Waals surface area contributed by atoms with E-state index in [0.717, 1.165) is 0 Å². The number of carbonyl (C=O) groups excluding carboxylic acids is 1. The minimum Gasteiger partial charge on any atom is -0.464 e. The van der Waals surface area contributed by atoms with E-state index in [2.05, 4.69) is 5.32 Å². The van der Waals surface area contributed by atoms with Gasteiger partial charge in [-0.1, -0.05) is 6.92 Å². The SMILES string of the molecule is CC1COC(=O)C1N[C@@H](C)CO. The van der Waals surface area contributed by atoms with Crippen LogP contribution in [0.5, 0.6) is 0 Å². The number of nitrogens with one attached hydrogen (secondary N) is 1. The Morgan fingerprint density at radius 3 is 2.92 bits per heavy atom. The van der Waals surface area contributed by atoms with Gasteiger partial charge >= 0.3 is 5.97 Å². The second-order valence-corrected chi connectivity index (χ2v) is 3.34. The van der Waals surface area contributed by atoms with Gasteiger partial charge in [0.2, 0.25) is 0 Å². The third kappa shape index (κ3) is 1.95. The summed E-state index contributed by atoms with van der Waals surface area (Å²) < 4.78 is 4.84. The lowest BCUT2D eigenvalue weighted by Crippen LogP contribution is -2.44. The molecule has 4 heteroatoms. The smallest absolute Gasteiger partial charge is 0.323 e. The van der Waals surface area contributed by atoms with Crippen molar-refractivity contribution in [3.8, 4) is 0 Å². The molecular weight excluding hydrogens is 158 g/mol.